The summed E-state index contributed by atoms with van der Waals surface area (Å²) in [5.41, 5.74) is 4.97. The summed E-state index contributed by atoms with van der Waals surface area (Å²) in [6.45, 7) is 8.10. The molecule has 0 saturated heterocycles. The monoisotopic (exact) mass is 500 g/mol. The predicted octanol–water partition coefficient (Wildman–Crippen LogP) is 2.56. The van der Waals surface area contributed by atoms with Gasteiger partial charge in [0.1, 0.15) is 25.2 Å². The zero-order chi connectivity index (χ0) is 22.5. The van der Waals surface area contributed by atoms with Gasteiger partial charge in [-0.05, 0) is 54.9 Å². The lowest BCUT2D eigenvalue weighted by Crippen LogP contribution is -3.00. The van der Waals surface area contributed by atoms with Gasteiger partial charge in [0.25, 0.3) is 0 Å². The number of ether oxygens (including phenoxy) is 2. The maximum atomic E-state index is 6.13. The summed E-state index contributed by atoms with van der Waals surface area (Å²) in [6, 6.07) is 23.5. The van der Waals surface area contributed by atoms with Gasteiger partial charge in [0, 0.05) is 12.6 Å². The van der Waals surface area contributed by atoms with Crippen molar-refractivity contribution < 1.29 is 26.4 Å². The van der Waals surface area contributed by atoms with Crippen LogP contribution in [0, 0.1) is 0 Å². The quantitative estimate of drug-likeness (QED) is 0.261. The van der Waals surface area contributed by atoms with Gasteiger partial charge in [0.15, 0.2) is 0 Å². The molecule has 0 aliphatic heterocycles. The number of methoxy groups -OCH3 is 1. The first kappa shape index (κ1) is 27.7. The van der Waals surface area contributed by atoms with E-state index >= 15 is 0 Å². The third-order valence-electron chi connectivity index (χ3n) is 6.34. The summed E-state index contributed by atoms with van der Waals surface area (Å²) in [5, 5.41) is 2.46. The third-order valence-corrected chi connectivity index (χ3v) is 6.34. The number of hydrogen-bond acceptors (Lipinski definition) is 3. The van der Waals surface area contributed by atoms with Crippen LogP contribution in [0.15, 0.2) is 66.7 Å². The minimum absolute atomic E-state index is 0. The molecule has 0 fully saturated rings. The second-order valence-electron chi connectivity index (χ2n) is 8.14. The highest BCUT2D eigenvalue weighted by Crippen LogP contribution is 2.31. The van der Waals surface area contributed by atoms with E-state index in [2.05, 4.69) is 91.0 Å². The van der Waals surface area contributed by atoms with Gasteiger partial charge in [-0.2, -0.15) is 4.57 Å². The fourth-order valence-electron chi connectivity index (χ4n) is 4.41. The summed E-state index contributed by atoms with van der Waals surface area (Å²) >= 11 is 0. The molecule has 0 radical (unpaired) electrons. The Labute approximate surface area is 215 Å². The molecule has 0 aliphatic rings. The molecule has 6 heteroatoms. The smallest absolute Gasteiger partial charge is 0.216 e. The second-order valence-corrected chi connectivity index (χ2v) is 8.14. The highest BCUT2D eigenvalue weighted by atomic mass is 35.5. The molecule has 0 bridgehead atoms. The molecule has 1 aromatic heterocycles. The van der Waals surface area contributed by atoms with Crippen molar-refractivity contribution >= 4 is 34.2 Å². The molecule has 0 aliphatic carbocycles. The fourth-order valence-corrected chi connectivity index (χ4v) is 4.41. The molecular formula is C28H34Cl2N2O2. The number of pyridine rings is 1. The Hall–Kier alpha value is -2.53. The Bertz CT molecular complexity index is 1210. The molecule has 4 rings (SSSR count). The van der Waals surface area contributed by atoms with E-state index < -0.39 is 0 Å². The summed E-state index contributed by atoms with van der Waals surface area (Å²) in [7, 11) is 3.85. The molecular weight excluding hydrogens is 467 g/mol. The van der Waals surface area contributed by atoms with Crippen molar-refractivity contribution in [3.63, 3.8) is 0 Å². The first-order chi connectivity index (χ1) is 15.6. The molecule has 4 nitrogen and oxygen atoms in total. The van der Waals surface area contributed by atoms with Gasteiger partial charge in [0.2, 0.25) is 11.0 Å². The topological polar surface area (TPSA) is 25.6 Å². The van der Waals surface area contributed by atoms with Crippen LogP contribution in [0.4, 0.5) is 0 Å². The van der Waals surface area contributed by atoms with Gasteiger partial charge >= 0.3 is 0 Å². The second kappa shape index (κ2) is 12.8. The lowest BCUT2D eigenvalue weighted by Gasteiger charge is -2.18. The van der Waals surface area contributed by atoms with Crippen LogP contribution >= 0.6 is 12.4 Å². The van der Waals surface area contributed by atoms with Crippen LogP contribution in [0.25, 0.3) is 21.8 Å². The number of rotatable bonds is 9. The minimum Gasteiger partial charge on any atom is -1.00 e. The van der Waals surface area contributed by atoms with Crippen molar-refractivity contribution in [1.29, 1.82) is 0 Å². The Morgan fingerprint density at radius 1 is 0.824 bits per heavy atom. The zero-order valence-electron chi connectivity index (χ0n) is 20.4. The number of fused-ring (bicyclic) bond motifs is 2. The van der Waals surface area contributed by atoms with Crippen molar-refractivity contribution in [1.82, 2.24) is 4.90 Å². The van der Waals surface area contributed by atoms with E-state index in [1.54, 1.807) is 7.11 Å². The molecule has 0 amide bonds. The fraction of sp³-hybridized carbons (Fsp3) is 0.321. The lowest BCUT2D eigenvalue weighted by atomic mass is 9.96. The largest absolute Gasteiger partial charge is 1.00 e. The van der Waals surface area contributed by atoms with Gasteiger partial charge in [-0.1, -0.05) is 44.2 Å². The number of benzene rings is 3. The first-order valence-electron chi connectivity index (χ1n) is 11.5. The van der Waals surface area contributed by atoms with Gasteiger partial charge < -0.3 is 26.8 Å². The molecule has 34 heavy (non-hydrogen) atoms. The van der Waals surface area contributed by atoms with Gasteiger partial charge in [-0.25, -0.2) is 0 Å². The van der Waals surface area contributed by atoms with Crippen LogP contribution < -0.4 is 26.4 Å². The Balaban J connectivity index is 0.00000204. The Morgan fingerprint density at radius 2 is 1.53 bits per heavy atom. The van der Waals surface area contributed by atoms with E-state index in [0.717, 1.165) is 37.6 Å². The maximum Gasteiger partial charge on any atom is 0.216 e. The summed E-state index contributed by atoms with van der Waals surface area (Å²) in [4.78, 5) is 2.37. The van der Waals surface area contributed by atoms with Crippen molar-refractivity contribution in [3.8, 4) is 11.5 Å². The molecule has 0 spiro atoms. The van der Waals surface area contributed by atoms with Crippen LogP contribution in [-0.2, 0) is 13.5 Å². The molecule has 0 N–H and O–H groups in total. The first-order valence-corrected chi connectivity index (χ1v) is 11.5. The van der Waals surface area contributed by atoms with E-state index in [1.165, 1.54) is 32.9 Å². The molecule has 3 aromatic carbocycles. The molecule has 182 valence electrons. The maximum absolute atomic E-state index is 6.13. The number of aromatic nitrogens is 1. The highest BCUT2D eigenvalue weighted by molar-refractivity contribution is 5.95. The average molecular weight is 501 g/mol. The standard InChI is InChI=1S/C28H33N2O2.2ClH/c1-5-30(6-2)16-17-32-23-12-14-24-25(18-21-10-8-7-9-11-21)26-19-22(31-4)13-15-27(26)29(3)28(24)20-23;;/h7-15,19-20H,5-6,16-18H2,1-4H3;2*1H/q+1;;/p-1. The van der Waals surface area contributed by atoms with E-state index in [0.29, 0.717) is 6.61 Å². The van der Waals surface area contributed by atoms with E-state index in [4.69, 9.17) is 9.47 Å². The number of hydrogen-bond donors (Lipinski definition) is 0. The Morgan fingerprint density at radius 3 is 2.21 bits per heavy atom. The number of aryl methyl sites for hydroxylation is 1. The van der Waals surface area contributed by atoms with Crippen molar-refractivity contribution in [2.75, 3.05) is 33.4 Å². The van der Waals surface area contributed by atoms with E-state index in [9.17, 15) is 0 Å². The molecule has 1 heterocycles. The molecule has 0 unspecified atom stereocenters. The van der Waals surface area contributed by atoms with Gasteiger partial charge in [0.05, 0.1) is 23.9 Å². The lowest BCUT2D eigenvalue weighted by molar-refractivity contribution is -0.617. The Kier molecular flexibility index (Phi) is 10.4. The third kappa shape index (κ3) is 5.93. The molecule has 0 atom stereocenters. The predicted molar refractivity (Wildman–Crippen MR) is 139 cm³/mol. The molecule has 0 saturated carbocycles. The zero-order valence-corrected chi connectivity index (χ0v) is 22.0. The molecule has 4 aromatic rings. The van der Waals surface area contributed by atoms with E-state index in [1.807, 2.05) is 6.07 Å². The van der Waals surface area contributed by atoms with Crippen molar-refractivity contribution in [2.45, 2.75) is 20.3 Å². The van der Waals surface area contributed by atoms with E-state index in [-0.39, 0.29) is 24.8 Å². The number of likely N-dealkylation sites (N-methyl/N-ethyl adjacent to an activating group) is 1. The number of nitrogens with zero attached hydrogens (tertiary/aromatic N) is 2. The average Bonchev–Trinajstić information content (AvgIpc) is 2.84. The number of halogens is 2. The SMILES string of the molecule is CCN(CC)CCOc1ccc2c(Cc3ccccc3)c3cc(OC)ccc3[n+](C)c2c1.Cl.[Cl-]. The van der Waals surface area contributed by atoms with Crippen LogP contribution in [-0.4, -0.2) is 38.3 Å². The normalized spacial score (nSPS) is 10.7. The highest BCUT2D eigenvalue weighted by Gasteiger charge is 2.19. The summed E-state index contributed by atoms with van der Waals surface area (Å²) in [5.74, 6) is 1.79. The van der Waals surface area contributed by atoms with Crippen molar-refractivity contribution in [3.05, 3.63) is 77.9 Å². The van der Waals surface area contributed by atoms with Gasteiger partial charge in [-0.15, -0.1) is 12.4 Å². The van der Waals surface area contributed by atoms with Crippen LogP contribution in [0.5, 0.6) is 11.5 Å². The van der Waals surface area contributed by atoms with Crippen LogP contribution in [0.2, 0.25) is 0 Å². The minimum atomic E-state index is 0. The van der Waals surface area contributed by atoms with Crippen molar-refractivity contribution in [2.24, 2.45) is 7.05 Å². The van der Waals surface area contributed by atoms with Crippen LogP contribution in [0.3, 0.4) is 0 Å². The summed E-state index contributed by atoms with van der Waals surface area (Å²) < 4.78 is 13.9. The van der Waals surface area contributed by atoms with Crippen LogP contribution in [0.1, 0.15) is 25.0 Å². The van der Waals surface area contributed by atoms with Gasteiger partial charge in [-0.3, -0.25) is 0 Å². The summed E-state index contributed by atoms with van der Waals surface area (Å²) in [6.07, 6.45) is 0.865.